The highest BCUT2D eigenvalue weighted by Crippen LogP contribution is 2.42. The van der Waals surface area contributed by atoms with Gasteiger partial charge in [0.25, 0.3) is 0 Å². The van der Waals surface area contributed by atoms with Crippen LogP contribution in [-0.2, 0) is 19.4 Å². The predicted molar refractivity (Wildman–Crippen MR) is 122 cm³/mol. The first kappa shape index (κ1) is 24.0. The first-order valence-corrected chi connectivity index (χ1v) is 11.0. The van der Waals surface area contributed by atoms with Crippen LogP contribution in [-0.4, -0.2) is 31.0 Å². The van der Waals surface area contributed by atoms with Crippen molar-refractivity contribution in [2.45, 2.75) is 31.5 Å². The van der Waals surface area contributed by atoms with E-state index < -0.39 is 31.2 Å². The SMILES string of the molecule is O[C@@H](CF)CN1c2ccccc2N(Cc2cccc(C(F)(F)F)c2)C[C@H]1c1cccc(CF)c1. The summed E-state index contributed by atoms with van der Waals surface area (Å²) in [5, 5.41) is 10.1. The first-order chi connectivity index (χ1) is 16.3. The molecule has 3 aromatic carbocycles. The third-order valence-corrected chi connectivity index (χ3v) is 6.00. The van der Waals surface area contributed by atoms with E-state index in [1.807, 2.05) is 40.1 Å². The Morgan fingerprint density at radius 2 is 1.59 bits per heavy atom. The first-order valence-electron chi connectivity index (χ1n) is 11.0. The van der Waals surface area contributed by atoms with Gasteiger partial charge in [0.05, 0.1) is 29.1 Å². The number of hydrogen-bond acceptors (Lipinski definition) is 3. The van der Waals surface area contributed by atoms with E-state index in [1.54, 1.807) is 24.3 Å². The normalized spacial score (nSPS) is 16.9. The van der Waals surface area contributed by atoms with Crippen molar-refractivity contribution < 1.29 is 27.1 Å². The molecule has 2 atom stereocenters. The Labute approximate surface area is 195 Å². The van der Waals surface area contributed by atoms with E-state index in [4.69, 9.17) is 0 Å². The standard InChI is InChI=1S/C26H25F5N2O/c27-13-18-5-3-7-20(11-18)25-17-32(15-19-6-4-8-21(12-19)26(29,30)31)23-9-1-2-10-24(23)33(25)16-22(34)14-28/h1-12,22,25,34H,13-17H2/t22-,25-/m0/s1. The van der Waals surface area contributed by atoms with Gasteiger partial charge in [-0.25, -0.2) is 8.78 Å². The molecule has 1 N–H and O–H groups in total. The van der Waals surface area contributed by atoms with Gasteiger partial charge in [-0.3, -0.25) is 0 Å². The van der Waals surface area contributed by atoms with Gasteiger partial charge in [0, 0.05) is 19.6 Å². The fourth-order valence-corrected chi connectivity index (χ4v) is 4.43. The molecule has 4 rings (SSSR count). The number of fused-ring (bicyclic) bond motifs is 1. The highest BCUT2D eigenvalue weighted by Gasteiger charge is 2.34. The average Bonchev–Trinajstić information content (AvgIpc) is 2.85. The summed E-state index contributed by atoms with van der Waals surface area (Å²) in [5.74, 6) is 0. The minimum Gasteiger partial charge on any atom is -0.389 e. The van der Waals surface area contributed by atoms with E-state index in [0.29, 0.717) is 17.7 Å². The summed E-state index contributed by atoms with van der Waals surface area (Å²) < 4.78 is 66.3. The largest absolute Gasteiger partial charge is 0.416 e. The molecule has 0 saturated carbocycles. The molecule has 3 nitrogen and oxygen atoms in total. The molecule has 180 valence electrons. The van der Waals surface area contributed by atoms with Crippen molar-refractivity contribution in [2.75, 3.05) is 29.6 Å². The molecule has 3 aromatic rings. The highest BCUT2D eigenvalue weighted by molar-refractivity contribution is 5.74. The fourth-order valence-electron chi connectivity index (χ4n) is 4.43. The number of rotatable bonds is 7. The van der Waals surface area contributed by atoms with Crippen LogP contribution in [0.25, 0.3) is 0 Å². The van der Waals surface area contributed by atoms with E-state index in [9.17, 15) is 27.1 Å². The van der Waals surface area contributed by atoms with Crippen molar-refractivity contribution in [3.05, 3.63) is 95.1 Å². The minimum absolute atomic E-state index is 0.0232. The maximum absolute atomic E-state index is 13.4. The topological polar surface area (TPSA) is 26.7 Å². The molecule has 0 spiro atoms. The molecular formula is C26H25F5N2O. The summed E-state index contributed by atoms with van der Waals surface area (Å²) in [6.07, 6.45) is -5.65. The molecular weight excluding hydrogens is 451 g/mol. The quantitative estimate of drug-likeness (QED) is 0.419. The Balaban J connectivity index is 1.75. The number of β-amino-alcohol motifs (C(OH)–C–C–N with tert-alkyl or cyclic N) is 1. The Hall–Kier alpha value is -3.13. The number of anilines is 2. The van der Waals surface area contributed by atoms with Crippen LogP contribution in [0.5, 0.6) is 0 Å². The van der Waals surface area contributed by atoms with E-state index in [1.165, 1.54) is 6.07 Å². The van der Waals surface area contributed by atoms with Crippen LogP contribution in [0.3, 0.4) is 0 Å². The summed E-state index contributed by atoms with van der Waals surface area (Å²) in [5.41, 5.74) is 2.55. The lowest BCUT2D eigenvalue weighted by molar-refractivity contribution is -0.137. The maximum Gasteiger partial charge on any atom is 0.416 e. The summed E-state index contributed by atoms with van der Waals surface area (Å²) in [7, 11) is 0. The number of aliphatic hydroxyl groups is 1. The number of hydrogen-bond donors (Lipinski definition) is 1. The van der Waals surface area contributed by atoms with Crippen molar-refractivity contribution in [3.8, 4) is 0 Å². The average molecular weight is 476 g/mol. The molecule has 1 aliphatic heterocycles. The molecule has 0 aliphatic carbocycles. The van der Waals surface area contributed by atoms with Crippen molar-refractivity contribution in [3.63, 3.8) is 0 Å². The molecule has 34 heavy (non-hydrogen) atoms. The zero-order valence-corrected chi connectivity index (χ0v) is 18.3. The van der Waals surface area contributed by atoms with Gasteiger partial charge in [-0.15, -0.1) is 0 Å². The smallest absolute Gasteiger partial charge is 0.389 e. The number of benzene rings is 3. The van der Waals surface area contributed by atoms with E-state index >= 15 is 0 Å². The van der Waals surface area contributed by atoms with E-state index in [-0.39, 0.29) is 19.1 Å². The van der Waals surface area contributed by atoms with Crippen LogP contribution >= 0.6 is 0 Å². The van der Waals surface area contributed by atoms with Gasteiger partial charge >= 0.3 is 6.18 Å². The van der Waals surface area contributed by atoms with Crippen LogP contribution in [0.2, 0.25) is 0 Å². The number of nitrogens with zero attached hydrogens (tertiary/aromatic N) is 2. The second-order valence-corrected chi connectivity index (χ2v) is 8.42. The Morgan fingerprint density at radius 3 is 2.29 bits per heavy atom. The number of para-hydroxylation sites is 2. The van der Waals surface area contributed by atoms with Gasteiger partial charge < -0.3 is 14.9 Å². The molecule has 0 unspecified atom stereocenters. The Morgan fingerprint density at radius 1 is 0.882 bits per heavy atom. The van der Waals surface area contributed by atoms with Crippen molar-refractivity contribution in [1.29, 1.82) is 0 Å². The molecule has 1 heterocycles. The molecule has 0 saturated heterocycles. The maximum atomic E-state index is 13.4. The summed E-state index contributed by atoms with van der Waals surface area (Å²) in [4.78, 5) is 3.86. The molecule has 0 bridgehead atoms. The third kappa shape index (κ3) is 5.17. The van der Waals surface area contributed by atoms with Crippen LogP contribution in [0, 0.1) is 0 Å². The lowest BCUT2D eigenvalue weighted by atomic mass is 9.97. The van der Waals surface area contributed by atoms with E-state index in [0.717, 1.165) is 29.1 Å². The van der Waals surface area contributed by atoms with Gasteiger partial charge in [-0.2, -0.15) is 13.2 Å². The molecule has 1 aliphatic rings. The number of halogens is 5. The van der Waals surface area contributed by atoms with Crippen LogP contribution in [0.4, 0.5) is 33.3 Å². The van der Waals surface area contributed by atoms with Crippen molar-refractivity contribution >= 4 is 11.4 Å². The van der Waals surface area contributed by atoms with Gasteiger partial charge in [-0.05, 0) is 41.0 Å². The zero-order chi connectivity index (χ0) is 24.3. The second kappa shape index (κ2) is 10.0. The molecule has 0 fully saturated rings. The minimum atomic E-state index is -4.44. The Bertz CT molecular complexity index is 1120. The summed E-state index contributed by atoms with van der Waals surface area (Å²) in [6.45, 7) is -0.945. The lowest BCUT2D eigenvalue weighted by Gasteiger charge is -2.45. The molecule has 0 amide bonds. The monoisotopic (exact) mass is 476 g/mol. The van der Waals surface area contributed by atoms with E-state index in [2.05, 4.69) is 0 Å². The lowest BCUT2D eigenvalue weighted by Crippen LogP contribution is -2.46. The summed E-state index contributed by atoms with van der Waals surface area (Å²) in [6, 6.07) is 19.2. The molecule has 8 heteroatoms. The van der Waals surface area contributed by atoms with Crippen LogP contribution in [0.1, 0.15) is 28.3 Å². The second-order valence-electron chi connectivity index (χ2n) is 8.42. The predicted octanol–water partition coefficient (Wildman–Crippen LogP) is 6.07. The van der Waals surface area contributed by atoms with Gasteiger partial charge in [-0.1, -0.05) is 48.5 Å². The third-order valence-electron chi connectivity index (χ3n) is 6.00. The van der Waals surface area contributed by atoms with Crippen molar-refractivity contribution in [1.82, 2.24) is 0 Å². The highest BCUT2D eigenvalue weighted by atomic mass is 19.4. The number of alkyl halides is 5. The number of aliphatic hydroxyl groups excluding tert-OH is 1. The van der Waals surface area contributed by atoms with Crippen LogP contribution < -0.4 is 9.80 Å². The zero-order valence-electron chi connectivity index (χ0n) is 18.3. The van der Waals surface area contributed by atoms with Gasteiger partial charge in [0.1, 0.15) is 13.3 Å². The van der Waals surface area contributed by atoms with Crippen LogP contribution in [0.15, 0.2) is 72.8 Å². The Kier molecular flexibility index (Phi) is 7.07. The fraction of sp³-hybridized carbons (Fsp3) is 0.308. The molecule has 0 radical (unpaired) electrons. The molecule has 0 aromatic heterocycles. The van der Waals surface area contributed by atoms with Crippen molar-refractivity contribution in [2.24, 2.45) is 0 Å². The summed E-state index contributed by atoms with van der Waals surface area (Å²) >= 11 is 0. The van der Waals surface area contributed by atoms with Gasteiger partial charge in [0.15, 0.2) is 0 Å². The van der Waals surface area contributed by atoms with Gasteiger partial charge in [0.2, 0.25) is 0 Å².